The van der Waals surface area contributed by atoms with Crippen LogP contribution in [0.2, 0.25) is 0 Å². The molecule has 0 aromatic rings. The van der Waals surface area contributed by atoms with Gasteiger partial charge >= 0.3 is 0 Å². The normalized spacial score (nSPS) is 12.3. The summed E-state index contributed by atoms with van der Waals surface area (Å²) >= 11 is 0. The molecule has 0 aliphatic rings. The van der Waals surface area contributed by atoms with Crippen LogP contribution in [0.25, 0.3) is 0 Å². The molecule has 2 N–H and O–H groups in total. The number of nitrogens with two attached hydrogens (primary N) is 1. The summed E-state index contributed by atoms with van der Waals surface area (Å²) in [4.78, 5) is 11.0. The third kappa shape index (κ3) is 11.1. The molecule has 0 atom stereocenters. The molecule has 0 spiro atoms. The zero-order valence-electron chi connectivity index (χ0n) is 14.0. The zero-order valence-corrected chi connectivity index (χ0v) is 14.0. The van der Waals surface area contributed by atoms with Crippen molar-refractivity contribution in [1.82, 2.24) is 0 Å². The molecule has 1 amide bonds. The SMILES string of the molecule is CCCCCCCCCCCCC/C(C)=C(/C)C(N)=O. The highest BCUT2D eigenvalue weighted by Gasteiger charge is 2.02. The lowest BCUT2D eigenvalue weighted by Crippen LogP contribution is -2.13. The van der Waals surface area contributed by atoms with E-state index in [4.69, 9.17) is 5.73 Å². The van der Waals surface area contributed by atoms with E-state index in [1.165, 1.54) is 70.6 Å². The largest absolute Gasteiger partial charge is 0.366 e. The number of primary amides is 1. The molecule has 2 heteroatoms. The molecular formula is C18H35NO. The molecule has 0 aliphatic carbocycles. The minimum atomic E-state index is -0.273. The molecule has 0 saturated carbocycles. The van der Waals surface area contributed by atoms with Crippen molar-refractivity contribution in [1.29, 1.82) is 0 Å². The predicted octanol–water partition coefficient (Wildman–Crippen LogP) is 5.51. The van der Waals surface area contributed by atoms with Gasteiger partial charge in [-0.1, -0.05) is 76.7 Å². The van der Waals surface area contributed by atoms with Gasteiger partial charge in [-0.2, -0.15) is 0 Å². The second kappa shape index (κ2) is 13.2. The summed E-state index contributed by atoms with van der Waals surface area (Å²) in [6.07, 6.45) is 16.0. The highest BCUT2D eigenvalue weighted by Crippen LogP contribution is 2.15. The summed E-state index contributed by atoms with van der Waals surface area (Å²) in [5.74, 6) is -0.273. The summed E-state index contributed by atoms with van der Waals surface area (Å²) in [6, 6.07) is 0. The van der Waals surface area contributed by atoms with Crippen LogP contribution in [0.3, 0.4) is 0 Å². The maximum absolute atomic E-state index is 11.0. The van der Waals surface area contributed by atoms with Crippen molar-refractivity contribution in [2.24, 2.45) is 5.73 Å². The number of carbonyl (C=O) groups is 1. The number of hydrogen-bond acceptors (Lipinski definition) is 1. The van der Waals surface area contributed by atoms with E-state index in [0.717, 1.165) is 17.6 Å². The van der Waals surface area contributed by atoms with Gasteiger partial charge in [0.15, 0.2) is 0 Å². The van der Waals surface area contributed by atoms with Crippen molar-refractivity contribution in [2.75, 3.05) is 0 Å². The maximum Gasteiger partial charge on any atom is 0.244 e. The summed E-state index contributed by atoms with van der Waals surface area (Å²) in [7, 11) is 0. The number of hydrogen-bond donors (Lipinski definition) is 1. The Morgan fingerprint density at radius 3 is 1.55 bits per heavy atom. The molecule has 20 heavy (non-hydrogen) atoms. The van der Waals surface area contributed by atoms with Crippen molar-refractivity contribution in [3.63, 3.8) is 0 Å². The van der Waals surface area contributed by atoms with E-state index < -0.39 is 0 Å². The molecule has 0 saturated heterocycles. The monoisotopic (exact) mass is 281 g/mol. The van der Waals surface area contributed by atoms with Gasteiger partial charge in [0.2, 0.25) is 5.91 Å². The van der Waals surface area contributed by atoms with Gasteiger partial charge in [0, 0.05) is 5.57 Å². The van der Waals surface area contributed by atoms with Gasteiger partial charge in [-0.3, -0.25) is 4.79 Å². The number of rotatable bonds is 13. The molecule has 0 aromatic carbocycles. The number of unbranched alkanes of at least 4 members (excludes halogenated alkanes) is 10. The first kappa shape index (κ1) is 19.2. The first-order chi connectivity index (χ1) is 9.59. The minimum Gasteiger partial charge on any atom is -0.366 e. The van der Waals surface area contributed by atoms with Crippen LogP contribution in [0, 0.1) is 0 Å². The lowest BCUT2D eigenvalue weighted by atomic mass is 10.0. The lowest BCUT2D eigenvalue weighted by Gasteiger charge is -2.05. The van der Waals surface area contributed by atoms with E-state index in [1.54, 1.807) is 0 Å². The minimum absolute atomic E-state index is 0.273. The summed E-state index contributed by atoms with van der Waals surface area (Å²) < 4.78 is 0. The Bertz CT molecular complexity index is 281. The van der Waals surface area contributed by atoms with Crippen LogP contribution in [-0.4, -0.2) is 5.91 Å². The maximum atomic E-state index is 11.0. The third-order valence-electron chi connectivity index (χ3n) is 4.17. The van der Waals surface area contributed by atoms with Gasteiger partial charge < -0.3 is 5.73 Å². The number of allylic oxidation sites excluding steroid dienone is 1. The molecule has 0 rings (SSSR count). The van der Waals surface area contributed by atoms with Gasteiger partial charge in [0.25, 0.3) is 0 Å². The second-order valence-electron chi connectivity index (χ2n) is 6.06. The Balaban J connectivity index is 3.33. The average molecular weight is 281 g/mol. The first-order valence-electron chi connectivity index (χ1n) is 8.55. The van der Waals surface area contributed by atoms with Crippen molar-refractivity contribution >= 4 is 5.91 Å². The fourth-order valence-electron chi connectivity index (χ4n) is 2.45. The molecule has 0 bridgehead atoms. The summed E-state index contributed by atoms with van der Waals surface area (Å²) in [5, 5.41) is 0. The second-order valence-corrected chi connectivity index (χ2v) is 6.06. The highest BCUT2D eigenvalue weighted by molar-refractivity contribution is 5.91. The fraction of sp³-hybridized carbons (Fsp3) is 0.833. The van der Waals surface area contributed by atoms with E-state index in [2.05, 4.69) is 6.92 Å². The predicted molar refractivity (Wildman–Crippen MR) is 88.6 cm³/mol. The molecule has 118 valence electrons. The molecule has 0 fully saturated rings. The number of carbonyl (C=O) groups excluding carboxylic acids is 1. The van der Waals surface area contributed by atoms with Crippen LogP contribution in [0.1, 0.15) is 97.8 Å². The van der Waals surface area contributed by atoms with E-state index in [9.17, 15) is 4.79 Å². The van der Waals surface area contributed by atoms with E-state index >= 15 is 0 Å². The average Bonchev–Trinajstić information content (AvgIpc) is 2.43. The first-order valence-corrected chi connectivity index (χ1v) is 8.55. The molecule has 0 aliphatic heterocycles. The quantitative estimate of drug-likeness (QED) is 0.351. The highest BCUT2D eigenvalue weighted by atomic mass is 16.1. The Morgan fingerprint density at radius 2 is 1.15 bits per heavy atom. The van der Waals surface area contributed by atoms with Gasteiger partial charge in [-0.15, -0.1) is 0 Å². The topological polar surface area (TPSA) is 43.1 Å². The standard InChI is InChI=1S/C18H35NO/c1-4-5-6-7-8-9-10-11-12-13-14-15-16(2)17(3)18(19)20/h4-15H2,1-3H3,(H2,19,20)/b17-16-. The van der Waals surface area contributed by atoms with Crippen LogP contribution in [0.4, 0.5) is 0 Å². The molecule has 0 heterocycles. The van der Waals surface area contributed by atoms with Crippen molar-refractivity contribution < 1.29 is 4.79 Å². The van der Waals surface area contributed by atoms with E-state index in [-0.39, 0.29) is 5.91 Å². The van der Waals surface area contributed by atoms with Crippen molar-refractivity contribution in [2.45, 2.75) is 97.8 Å². The summed E-state index contributed by atoms with van der Waals surface area (Å²) in [5.41, 5.74) is 7.18. The fourth-order valence-corrected chi connectivity index (χ4v) is 2.45. The van der Waals surface area contributed by atoms with Crippen molar-refractivity contribution in [3.8, 4) is 0 Å². The lowest BCUT2D eigenvalue weighted by molar-refractivity contribution is -0.114. The van der Waals surface area contributed by atoms with Crippen LogP contribution in [-0.2, 0) is 4.79 Å². The Hall–Kier alpha value is -0.790. The smallest absolute Gasteiger partial charge is 0.244 e. The van der Waals surface area contributed by atoms with Crippen LogP contribution in [0.15, 0.2) is 11.1 Å². The van der Waals surface area contributed by atoms with Crippen molar-refractivity contribution in [3.05, 3.63) is 11.1 Å². The van der Waals surface area contributed by atoms with E-state index in [0.29, 0.717) is 0 Å². The van der Waals surface area contributed by atoms with Gasteiger partial charge in [-0.25, -0.2) is 0 Å². The molecular weight excluding hydrogens is 246 g/mol. The van der Waals surface area contributed by atoms with E-state index in [1.807, 2.05) is 13.8 Å². The van der Waals surface area contributed by atoms with Gasteiger partial charge in [-0.05, 0) is 26.7 Å². The van der Waals surface area contributed by atoms with Crippen LogP contribution >= 0.6 is 0 Å². The van der Waals surface area contributed by atoms with Crippen LogP contribution < -0.4 is 5.73 Å². The third-order valence-corrected chi connectivity index (χ3v) is 4.17. The van der Waals surface area contributed by atoms with Crippen LogP contribution in [0.5, 0.6) is 0 Å². The van der Waals surface area contributed by atoms with Gasteiger partial charge in [0.05, 0.1) is 0 Å². The number of amides is 1. The molecule has 0 aromatic heterocycles. The Labute approximate surface area is 126 Å². The summed E-state index contributed by atoms with van der Waals surface area (Å²) in [6.45, 7) is 6.12. The Kier molecular flexibility index (Phi) is 12.7. The zero-order chi connectivity index (χ0) is 15.2. The van der Waals surface area contributed by atoms with Gasteiger partial charge in [0.1, 0.15) is 0 Å². The molecule has 0 radical (unpaired) electrons. The molecule has 0 unspecified atom stereocenters. The Morgan fingerprint density at radius 1 is 0.750 bits per heavy atom. The molecule has 2 nitrogen and oxygen atoms in total.